The minimum atomic E-state index is -0.199. The number of aryl methyl sites for hydroxylation is 1. The van der Waals surface area contributed by atoms with Gasteiger partial charge in [-0.1, -0.05) is 48.0 Å². The smallest absolute Gasteiger partial charge is 0.184 e. The predicted octanol–water partition coefficient (Wildman–Crippen LogP) is 3.71. The van der Waals surface area contributed by atoms with Crippen molar-refractivity contribution < 1.29 is 9.47 Å². The standard InChI is InChI=1S/C16H16O2/c1-12-5-7-13(8-6-12)14-3-2-4-15(11-14)16-17-9-10-18-16/h2-8,11,16H,9-10H2,1H3. The van der Waals surface area contributed by atoms with Gasteiger partial charge in [0, 0.05) is 5.56 Å². The fraction of sp³-hybridized carbons (Fsp3) is 0.250. The first-order chi connectivity index (χ1) is 8.83. The zero-order valence-corrected chi connectivity index (χ0v) is 10.4. The van der Waals surface area contributed by atoms with Gasteiger partial charge in [0.05, 0.1) is 13.2 Å². The number of benzene rings is 2. The second-order valence-corrected chi connectivity index (χ2v) is 4.56. The van der Waals surface area contributed by atoms with Crippen molar-refractivity contribution in [2.45, 2.75) is 13.2 Å². The molecule has 1 heterocycles. The fourth-order valence-electron chi connectivity index (χ4n) is 2.16. The number of ether oxygens (including phenoxy) is 2. The molecule has 2 heteroatoms. The normalized spacial score (nSPS) is 16.1. The molecule has 0 radical (unpaired) electrons. The van der Waals surface area contributed by atoms with Gasteiger partial charge in [-0.05, 0) is 24.1 Å². The second-order valence-electron chi connectivity index (χ2n) is 4.56. The molecule has 2 aromatic rings. The van der Waals surface area contributed by atoms with Gasteiger partial charge < -0.3 is 9.47 Å². The minimum Gasteiger partial charge on any atom is -0.346 e. The molecule has 1 fully saturated rings. The van der Waals surface area contributed by atoms with E-state index < -0.39 is 0 Å². The van der Waals surface area contributed by atoms with Crippen molar-refractivity contribution in [2.75, 3.05) is 13.2 Å². The van der Waals surface area contributed by atoms with Crippen LogP contribution in [0.4, 0.5) is 0 Å². The summed E-state index contributed by atoms with van der Waals surface area (Å²) >= 11 is 0. The molecule has 0 N–H and O–H groups in total. The van der Waals surface area contributed by atoms with E-state index in [9.17, 15) is 0 Å². The van der Waals surface area contributed by atoms with Crippen molar-refractivity contribution in [1.82, 2.24) is 0 Å². The molecule has 1 aliphatic rings. The highest BCUT2D eigenvalue weighted by atomic mass is 16.7. The molecule has 0 unspecified atom stereocenters. The monoisotopic (exact) mass is 240 g/mol. The van der Waals surface area contributed by atoms with Crippen molar-refractivity contribution >= 4 is 0 Å². The summed E-state index contributed by atoms with van der Waals surface area (Å²) in [6.45, 7) is 3.46. The molecule has 1 saturated heterocycles. The summed E-state index contributed by atoms with van der Waals surface area (Å²) in [7, 11) is 0. The van der Waals surface area contributed by atoms with E-state index in [1.54, 1.807) is 0 Å². The number of hydrogen-bond donors (Lipinski definition) is 0. The minimum absolute atomic E-state index is 0.199. The van der Waals surface area contributed by atoms with Gasteiger partial charge in [-0.15, -0.1) is 0 Å². The lowest BCUT2D eigenvalue weighted by Crippen LogP contribution is -1.97. The van der Waals surface area contributed by atoms with Gasteiger partial charge in [0.1, 0.15) is 0 Å². The van der Waals surface area contributed by atoms with E-state index in [1.165, 1.54) is 16.7 Å². The Hall–Kier alpha value is -1.64. The van der Waals surface area contributed by atoms with Crippen molar-refractivity contribution in [1.29, 1.82) is 0 Å². The highest BCUT2D eigenvalue weighted by molar-refractivity contribution is 5.64. The highest BCUT2D eigenvalue weighted by Gasteiger charge is 2.18. The third kappa shape index (κ3) is 2.30. The lowest BCUT2D eigenvalue weighted by Gasteiger charge is -2.11. The van der Waals surface area contributed by atoms with E-state index in [0.29, 0.717) is 13.2 Å². The van der Waals surface area contributed by atoms with Crippen LogP contribution in [0.3, 0.4) is 0 Å². The molecule has 3 rings (SSSR count). The van der Waals surface area contributed by atoms with Gasteiger partial charge in [0.2, 0.25) is 0 Å². The third-order valence-electron chi connectivity index (χ3n) is 3.17. The Morgan fingerprint density at radius 1 is 0.889 bits per heavy atom. The van der Waals surface area contributed by atoms with Crippen molar-refractivity contribution in [3.63, 3.8) is 0 Å². The Kier molecular flexibility index (Phi) is 3.13. The molecule has 2 nitrogen and oxygen atoms in total. The van der Waals surface area contributed by atoms with E-state index in [1.807, 2.05) is 6.07 Å². The van der Waals surface area contributed by atoms with Crippen LogP contribution in [0.15, 0.2) is 48.5 Å². The van der Waals surface area contributed by atoms with Crippen LogP contribution in [0.2, 0.25) is 0 Å². The largest absolute Gasteiger partial charge is 0.346 e. The van der Waals surface area contributed by atoms with E-state index in [-0.39, 0.29) is 6.29 Å². The molecular weight excluding hydrogens is 224 g/mol. The molecule has 0 atom stereocenters. The van der Waals surface area contributed by atoms with E-state index in [0.717, 1.165) is 5.56 Å². The summed E-state index contributed by atoms with van der Waals surface area (Å²) < 4.78 is 11.1. The van der Waals surface area contributed by atoms with Crippen LogP contribution in [0.1, 0.15) is 17.4 Å². The van der Waals surface area contributed by atoms with Crippen LogP contribution in [-0.2, 0) is 9.47 Å². The maximum Gasteiger partial charge on any atom is 0.184 e. The average Bonchev–Trinajstić information content (AvgIpc) is 2.94. The maximum atomic E-state index is 5.53. The van der Waals surface area contributed by atoms with Crippen LogP contribution in [0.25, 0.3) is 11.1 Å². The average molecular weight is 240 g/mol. The van der Waals surface area contributed by atoms with Crippen LogP contribution in [0, 0.1) is 6.92 Å². The molecule has 0 aromatic heterocycles. The first-order valence-corrected chi connectivity index (χ1v) is 6.23. The molecule has 92 valence electrons. The Morgan fingerprint density at radius 3 is 2.33 bits per heavy atom. The summed E-state index contributed by atoms with van der Waals surface area (Å²) in [5, 5.41) is 0. The van der Waals surface area contributed by atoms with Crippen LogP contribution < -0.4 is 0 Å². The zero-order chi connectivity index (χ0) is 12.4. The molecule has 1 aliphatic heterocycles. The lowest BCUT2D eigenvalue weighted by atomic mass is 10.0. The van der Waals surface area contributed by atoms with Gasteiger partial charge in [0.15, 0.2) is 6.29 Å². The quantitative estimate of drug-likeness (QED) is 0.796. The first-order valence-electron chi connectivity index (χ1n) is 6.23. The predicted molar refractivity (Wildman–Crippen MR) is 71.3 cm³/mol. The van der Waals surface area contributed by atoms with Crippen LogP contribution in [0.5, 0.6) is 0 Å². The molecule has 0 spiro atoms. The molecular formula is C16H16O2. The van der Waals surface area contributed by atoms with Crippen LogP contribution >= 0.6 is 0 Å². The van der Waals surface area contributed by atoms with Gasteiger partial charge >= 0.3 is 0 Å². The summed E-state index contributed by atoms with van der Waals surface area (Å²) in [4.78, 5) is 0. The summed E-state index contributed by atoms with van der Waals surface area (Å²) in [6, 6.07) is 16.9. The van der Waals surface area contributed by atoms with E-state index in [2.05, 4.69) is 49.4 Å². The second kappa shape index (κ2) is 4.92. The van der Waals surface area contributed by atoms with Gasteiger partial charge in [-0.2, -0.15) is 0 Å². The highest BCUT2D eigenvalue weighted by Crippen LogP contribution is 2.27. The topological polar surface area (TPSA) is 18.5 Å². The molecule has 0 amide bonds. The summed E-state index contributed by atoms with van der Waals surface area (Å²) in [6.07, 6.45) is -0.199. The Morgan fingerprint density at radius 2 is 1.61 bits per heavy atom. The molecule has 0 aliphatic carbocycles. The van der Waals surface area contributed by atoms with Crippen molar-refractivity contribution in [2.24, 2.45) is 0 Å². The molecule has 0 bridgehead atoms. The Balaban J connectivity index is 1.92. The van der Waals surface area contributed by atoms with Gasteiger partial charge in [0.25, 0.3) is 0 Å². The molecule has 2 aromatic carbocycles. The summed E-state index contributed by atoms with van der Waals surface area (Å²) in [5.74, 6) is 0. The maximum absolute atomic E-state index is 5.53. The molecule has 18 heavy (non-hydrogen) atoms. The van der Waals surface area contributed by atoms with Crippen molar-refractivity contribution in [3.05, 3.63) is 59.7 Å². The Bertz CT molecular complexity index is 525. The van der Waals surface area contributed by atoms with Gasteiger partial charge in [-0.25, -0.2) is 0 Å². The first kappa shape index (κ1) is 11.5. The van der Waals surface area contributed by atoms with E-state index >= 15 is 0 Å². The van der Waals surface area contributed by atoms with Crippen LogP contribution in [-0.4, -0.2) is 13.2 Å². The van der Waals surface area contributed by atoms with Gasteiger partial charge in [-0.3, -0.25) is 0 Å². The fourth-order valence-corrected chi connectivity index (χ4v) is 2.16. The SMILES string of the molecule is Cc1ccc(-c2cccc(C3OCCO3)c2)cc1. The number of rotatable bonds is 2. The Labute approximate surface area is 107 Å². The van der Waals surface area contributed by atoms with E-state index in [4.69, 9.17) is 9.47 Å². The van der Waals surface area contributed by atoms with Crippen molar-refractivity contribution in [3.8, 4) is 11.1 Å². The summed E-state index contributed by atoms with van der Waals surface area (Å²) in [5.41, 5.74) is 4.79. The third-order valence-corrected chi connectivity index (χ3v) is 3.17. The lowest BCUT2D eigenvalue weighted by molar-refractivity contribution is -0.0440. The molecule has 0 saturated carbocycles. The number of hydrogen-bond acceptors (Lipinski definition) is 2. The zero-order valence-electron chi connectivity index (χ0n) is 10.4.